The van der Waals surface area contributed by atoms with Crippen molar-refractivity contribution in [1.29, 1.82) is 0 Å². The molecule has 0 aliphatic heterocycles. The van der Waals surface area contributed by atoms with E-state index in [4.69, 9.17) is 4.74 Å². The van der Waals surface area contributed by atoms with Crippen LogP contribution in [0.25, 0.3) is 6.08 Å². The molecule has 108 valence electrons. The van der Waals surface area contributed by atoms with E-state index in [1.165, 1.54) is 25.3 Å². The van der Waals surface area contributed by atoms with E-state index in [0.29, 0.717) is 12.4 Å². The molecule has 0 aromatic heterocycles. The van der Waals surface area contributed by atoms with Crippen molar-refractivity contribution in [1.82, 2.24) is 0 Å². The van der Waals surface area contributed by atoms with E-state index >= 15 is 0 Å². The normalized spacial score (nSPS) is 10.6. The van der Waals surface area contributed by atoms with E-state index in [0.717, 1.165) is 11.1 Å². The van der Waals surface area contributed by atoms with Crippen LogP contribution in [0.5, 0.6) is 5.75 Å². The molecular formula is C17H15FO3. The number of carbonyl (C=O) groups is 1. The van der Waals surface area contributed by atoms with Crippen LogP contribution in [-0.2, 0) is 16.1 Å². The molecular weight excluding hydrogens is 271 g/mol. The zero-order chi connectivity index (χ0) is 15.1. The van der Waals surface area contributed by atoms with Crippen LogP contribution in [0.4, 0.5) is 4.39 Å². The summed E-state index contributed by atoms with van der Waals surface area (Å²) in [5.74, 6) is -0.00435. The van der Waals surface area contributed by atoms with Gasteiger partial charge in [0.15, 0.2) is 0 Å². The predicted molar refractivity (Wildman–Crippen MR) is 78.2 cm³/mol. The zero-order valence-corrected chi connectivity index (χ0v) is 11.6. The van der Waals surface area contributed by atoms with Gasteiger partial charge in [0, 0.05) is 6.08 Å². The van der Waals surface area contributed by atoms with E-state index < -0.39 is 5.97 Å². The Bertz CT molecular complexity index is 633. The molecule has 0 amide bonds. The van der Waals surface area contributed by atoms with Gasteiger partial charge in [0.05, 0.1) is 7.11 Å². The summed E-state index contributed by atoms with van der Waals surface area (Å²) in [6.07, 6.45) is 3.00. The lowest BCUT2D eigenvalue weighted by Crippen LogP contribution is -1.96. The maximum absolute atomic E-state index is 13.0. The second-order valence-electron chi connectivity index (χ2n) is 4.34. The highest BCUT2D eigenvalue weighted by molar-refractivity contribution is 5.86. The summed E-state index contributed by atoms with van der Waals surface area (Å²) in [4.78, 5) is 11.0. The summed E-state index contributed by atoms with van der Waals surface area (Å²) in [5.41, 5.74) is 1.63. The van der Waals surface area contributed by atoms with Gasteiger partial charge in [0.25, 0.3) is 0 Å². The summed E-state index contributed by atoms with van der Waals surface area (Å²) >= 11 is 0. The van der Waals surface area contributed by atoms with Gasteiger partial charge in [0.2, 0.25) is 0 Å². The molecule has 0 unspecified atom stereocenters. The predicted octanol–water partition coefficient (Wildman–Crippen LogP) is 3.59. The largest absolute Gasteiger partial charge is 0.489 e. The lowest BCUT2D eigenvalue weighted by molar-refractivity contribution is -0.134. The average molecular weight is 286 g/mol. The molecule has 2 aromatic rings. The minimum Gasteiger partial charge on any atom is -0.489 e. The van der Waals surface area contributed by atoms with Crippen molar-refractivity contribution in [3.05, 3.63) is 71.6 Å². The lowest BCUT2D eigenvalue weighted by Gasteiger charge is -2.06. The Hall–Kier alpha value is -2.62. The lowest BCUT2D eigenvalue weighted by atomic mass is 10.2. The van der Waals surface area contributed by atoms with Crippen LogP contribution in [0.15, 0.2) is 54.6 Å². The third kappa shape index (κ3) is 4.76. The monoisotopic (exact) mass is 286 g/mol. The molecule has 0 spiro atoms. The van der Waals surface area contributed by atoms with Crippen molar-refractivity contribution >= 4 is 12.0 Å². The molecule has 0 saturated heterocycles. The molecule has 3 nitrogen and oxygen atoms in total. The van der Waals surface area contributed by atoms with E-state index in [1.54, 1.807) is 30.3 Å². The van der Waals surface area contributed by atoms with Gasteiger partial charge < -0.3 is 9.47 Å². The first-order chi connectivity index (χ1) is 10.2. The molecule has 2 rings (SSSR count). The third-order valence-corrected chi connectivity index (χ3v) is 2.79. The third-order valence-electron chi connectivity index (χ3n) is 2.79. The summed E-state index contributed by atoms with van der Waals surface area (Å²) in [5, 5.41) is 0. The van der Waals surface area contributed by atoms with E-state index in [2.05, 4.69) is 4.74 Å². The van der Waals surface area contributed by atoms with Crippen LogP contribution >= 0.6 is 0 Å². The van der Waals surface area contributed by atoms with Crippen LogP contribution in [0.1, 0.15) is 11.1 Å². The fraction of sp³-hybridized carbons (Fsp3) is 0.118. The van der Waals surface area contributed by atoms with Crippen LogP contribution < -0.4 is 4.74 Å². The molecule has 0 saturated carbocycles. The summed E-state index contributed by atoms with van der Waals surface area (Å²) in [7, 11) is 1.33. The SMILES string of the molecule is COC(=O)C=Cc1ccc(OCc2cccc(F)c2)cc1. The number of ether oxygens (including phenoxy) is 2. The Balaban J connectivity index is 1.93. The van der Waals surface area contributed by atoms with Crippen LogP contribution in [-0.4, -0.2) is 13.1 Å². The maximum atomic E-state index is 13.0. The van der Waals surface area contributed by atoms with Gasteiger partial charge in [-0.3, -0.25) is 0 Å². The fourth-order valence-corrected chi connectivity index (χ4v) is 1.70. The molecule has 0 aliphatic carbocycles. The Morgan fingerprint density at radius 1 is 1.19 bits per heavy atom. The van der Waals surface area contributed by atoms with Gasteiger partial charge in [-0.05, 0) is 41.5 Å². The van der Waals surface area contributed by atoms with Crippen molar-refractivity contribution in [2.75, 3.05) is 7.11 Å². The number of benzene rings is 2. The topological polar surface area (TPSA) is 35.5 Å². The number of carbonyl (C=O) groups excluding carboxylic acids is 1. The standard InChI is InChI=1S/C17H15FO3/c1-20-17(19)10-7-13-5-8-16(9-6-13)21-12-14-3-2-4-15(18)11-14/h2-11H,12H2,1H3. The highest BCUT2D eigenvalue weighted by Crippen LogP contribution is 2.15. The van der Waals surface area contributed by atoms with Gasteiger partial charge in [-0.15, -0.1) is 0 Å². The zero-order valence-electron chi connectivity index (χ0n) is 11.6. The van der Waals surface area contributed by atoms with Gasteiger partial charge >= 0.3 is 5.97 Å². The molecule has 0 atom stereocenters. The minimum absolute atomic E-state index is 0.278. The van der Waals surface area contributed by atoms with Gasteiger partial charge in [-0.2, -0.15) is 0 Å². The fourth-order valence-electron chi connectivity index (χ4n) is 1.70. The summed E-state index contributed by atoms with van der Waals surface area (Å²) in [6, 6.07) is 13.5. The average Bonchev–Trinajstić information content (AvgIpc) is 2.51. The molecule has 0 bridgehead atoms. The number of esters is 1. The maximum Gasteiger partial charge on any atom is 0.330 e. The molecule has 0 heterocycles. The van der Waals surface area contributed by atoms with Crippen LogP contribution in [0.3, 0.4) is 0 Å². The Labute approximate surface area is 122 Å². The molecule has 4 heteroatoms. The van der Waals surface area contributed by atoms with Crippen LogP contribution in [0.2, 0.25) is 0 Å². The van der Waals surface area contributed by atoms with Crippen molar-refractivity contribution in [3.8, 4) is 5.75 Å². The first-order valence-corrected chi connectivity index (χ1v) is 6.41. The minimum atomic E-state index is -0.401. The first kappa shape index (κ1) is 14.8. The van der Waals surface area contributed by atoms with Crippen molar-refractivity contribution in [3.63, 3.8) is 0 Å². The van der Waals surface area contributed by atoms with Crippen molar-refractivity contribution < 1.29 is 18.7 Å². The molecule has 2 aromatic carbocycles. The Morgan fingerprint density at radius 2 is 1.95 bits per heavy atom. The van der Waals surface area contributed by atoms with E-state index in [-0.39, 0.29) is 5.82 Å². The van der Waals surface area contributed by atoms with Crippen LogP contribution in [0, 0.1) is 5.82 Å². The second-order valence-corrected chi connectivity index (χ2v) is 4.34. The van der Waals surface area contributed by atoms with E-state index in [1.807, 2.05) is 12.1 Å². The summed E-state index contributed by atoms with van der Waals surface area (Å²) in [6.45, 7) is 0.301. The van der Waals surface area contributed by atoms with E-state index in [9.17, 15) is 9.18 Å². The number of halogens is 1. The smallest absolute Gasteiger partial charge is 0.330 e. The highest BCUT2D eigenvalue weighted by Gasteiger charge is 1.98. The first-order valence-electron chi connectivity index (χ1n) is 6.41. The molecule has 0 aliphatic rings. The number of rotatable bonds is 5. The van der Waals surface area contributed by atoms with Crippen molar-refractivity contribution in [2.24, 2.45) is 0 Å². The Morgan fingerprint density at radius 3 is 2.62 bits per heavy atom. The van der Waals surface area contributed by atoms with Gasteiger partial charge in [-0.25, -0.2) is 9.18 Å². The van der Waals surface area contributed by atoms with Gasteiger partial charge in [0.1, 0.15) is 18.2 Å². The number of methoxy groups -OCH3 is 1. The second kappa shape index (κ2) is 7.24. The quantitative estimate of drug-likeness (QED) is 0.622. The number of hydrogen-bond acceptors (Lipinski definition) is 3. The molecule has 0 fully saturated rings. The molecule has 21 heavy (non-hydrogen) atoms. The molecule has 0 N–H and O–H groups in total. The Kier molecular flexibility index (Phi) is 5.10. The van der Waals surface area contributed by atoms with Gasteiger partial charge in [-0.1, -0.05) is 24.3 Å². The molecule has 0 radical (unpaired) electrons. The number of hydrogen-bond donors (Lipinski definition) is 0. The summed E-state index contributed by atoms with van der Waals surface area (Å²) < 4.78 is 23.1. The van der Waals surface area contributed by atoms with Crippen molar-refractivity contribution in [2.45, 2.75) is 6.61 Å². The highest BCUT2D eigenvalue weighted by atomic mass is 19.1.